The van der Waals surface area contributed by atoms with Crippen molar-refractivity contribution in [2.75, 3.05) is 13.2 Å². The van der Waals surface area contributed by atoms with Crippen LogP contribution in [-0.2, 0) is 16.1 Å². The van der Waals surface area contributed by atoms with Gasteiger partial charge in [0.1, 0.15) is 12.6 Å². The Morgan fingerprint density at radius 2 is 2.11 bits per heavy atom. The number of aromatic nitrogens is 2. The number of nitrogens with zero attached hydrogens (tertiary/aromatic N) is 3. The van der Waals surface area contributed by atoms with Gasteiger partial charge in [-0.1, -0.05) is 43.7 Å². The van der Waals surface area contributed by atoms with Crippen LogP contribution in [0, 0.1) is 0 Å². The lowest BCUT2D eigenvalue weighted by Gasteiger charge is -2.27. The molecule has 1 fully saturated rings. The summed E-state index contributed by atoms with van der Waals surface area (Å²) < 4.78 is 5.78. The first-order chi connectivity index (χ1) is 13.6. The highest BCUT2D eigenvalue weighted by Gasteiger charge is 2.32. The van der Waals surface area contributed by atoms with Crippen molar-refractivity contribution >= 4 is 17.5 Å². The molecule has 1 N–H and O–H groups in total. The molecule has 1 aliphatic heterocycles. The summed E-state index contributed by atoms with van der Waals surface area (Å²) in [6, 6.07) is -0.297. The molecule has 1 aromatic heterocycles. The van der Waals surface area contributed by atoms with E-state index in [1.54, 1.807) is 6.20 Å². The molecule has 2 rings (SSSR count). The zero-order valence-electron chi connectivity index (χ0n) is 17.2. The molecular formula is C21H31ClN4O2. The van der Waals surface area contributed by atoms with Gasteiger partial charge in [0.2, 0.25) is 5.91 Å². The Morgan fingerprint density at radius 3 is 2.75 bits per heavy atom. The highest BCUT2D eigenvalue weighted by molar-refractivity contribution is 6.29. The third-order valence-corrected chi connectivity index (χ3v) is 4.50. The molecule has 7 heteroatoms. The summed E-state index contributed by atoms with van der Waals surface area (Å²) in [5, 5.41) is 3.17. The van der Waals surface area contributed by atoms with Crippen LogP contribution in [0.1, 0.15) is 46.2 Å². The molecule has 0 bridgehead atoms. The molecule has 1 aromatic rings. The Bertz CT molecular complexity index is 703. The number of halogens is 1. The van der Waals surface area contributed by atoms with Gasteiger partial charge in [-0.05, 0) is 38.8 Å². The maximum absolute atomic E-state index is 12.6. The van der Waals surface area contributed by atoms with E-state index in [1.807, 2.05) is 50.8 Å². The summed E-state index contributed by atoms with van der Waals surface area (Å²) in [6.07, 6.45) is 10.7. The molecule has 1 aliphatic rings. The molecule has 2 heterocycles. The Morgan fingerprint density at radius 1 is 1.39 bits per heavy atom. The lowest BCUT2D eigenvalue weighted by molar-refractivity contribution is -0.125. The van der Waals surface area contributed by atoms with Gasteiger partial charge in [0.15, 0.2) is 11.0 Å². The van der Waals surface area contributed by atoms with Crippen LogP contribution in [0.4, 0.5) is 0 Å². The monoisotopic (exact) mass is 406 g/mol. The van der Waals surface area contributed by atoms with E-state index in [-0.39, 0.29) is 18.5 Å². The lowest BCUT2D eigenvalue weighted by Crippen LogP contribution is -2.43. The summed E-state index contributed by atoms with van der Waals surface area (Å²) >= 11 is 5.98. The predicted molar refractivity (Wildman–Crippen MR) is 114 cm³/mol. The van der Waals surface area contributed by atoms with Gasteiger partial charge in [-0.2, -0.15) is 0 Å². The molecular weight excluding hydrogens is 376 g/mol. The van der Waals surface area contributed by atoms with Crippen LogP contribution in [0.15, 0.2) is 48.7 Å². The third kappa shape index (κ3) is 7.00. The first kappa shape index (κ1) is 23.7. The van der Waals surface area contributed by atoms with Crippen molar-refractivity contribution in [3.63, 3.8) is 0 Å². The minimum atomic E-state index is -0.297. The minimum Gasteiger partial charge on any atom is -0.475 e. The van der Waals surface area contributed by atoms with Crippen LogP contribution < -0.4 is 5.32 Å². The second-order valence-electron chi connectivity index (χ2n) is 5.91. The van der Waals surface area contributed by atoms with Gasteiger partial charge >= 0.3 is 0 Å². The van der Waals surface area contributed by atoms with E-state index >= 15 is 0 Å². The number of carbonyl (C=O) groups excluding carboxylic acids is 1. The minimum absolute atomic E-state index is 0.0892. The van der Waals surface area contributed by atoms with Gasteiger partial charge in [0.25, 0.3) is 0 Å². The SMILES string of the molecule is C=C(OCC(/C=C\C)=C/C)N1CCCC1C(=O)NCc1nccnc1Cl.CC. The molecule has 0 radical (unpaired) electrons. The molecule has 0 saturated carbocycles. The number of rotatable bonds is 8. The van der Waals surface area contributed by atoms with E-state index < -0.39 is 0 Å². The fraction of sp³-hybridized carbons (Fsp3) is 0.476. The second-order valence-corrected chi connectivity index (χ2v) is 6.27. The highest BCUT2D eigenvalue weighted by atomic mass is 35.5. The van der Waals surface area contributed by atoms with E-state index in [2.05, 4.69) is 21.9 Å². The number of nitrogens with one attached hydrogen (secondary N) is 1. The Labute approximate surface area is 173 Å². The molecule has 1 saturated heterocycles. The van der Waals surface area contributed by atoms with Crippen LogP contribution >= 0.6 is 11.6 Å². The number of ether oxygens (including phenoxy) is 1. The number of hydrogen-bond acceptors (Lipinski definition) is 5. The van der Waals surface area contributed by atoms with Crippen LogP contribution in [0.5, 0.6) is 0 Å². The standard InChI is InChI=1S/C19H25ClN4O2.C2H6/c1-4-7-15(5-2)13-26-14(3)24-11-6-8-17(24)19(25)23-12-16-18(20)22-10-9-21-16;1-2/h4-5,7,9-10,17H,3,6,8,11-13H2,1-2H3,(H,23,25);1-2H3/b7-4-,15-5+;. The van der Waals surface area contributed by atoms with Crippen LogP contribution in [0.3, 0.4) is 0 Å². The molecule has 1 unspecified atom stereocenters. The van der Waals surface area contributed by atoms with Crippen molar-refractivity contribution in [3.05, 3.63) is 59.5 Å². The van der Waals surface area contributed by atoms with Crippen molar-refractivity contribution in [3.8, 4) is 0 Å². The molecule has 1 atom stereocenters. The number of likely N-dealkylation sites (tertiary alicyclic amines) is 1. The first-order valence-electron chi connectivity index (χ1n) is 9.66. The Kier molecular flexibility index (Phi) is 11.0. The number of allylic oxidation sites excluding steroid dienone is 2. The van der Waals surface area contributed by atoms with Crippen LogP contribution in [0.25, 0.3) is 0 Å². The van der Waals surface area contributed by atoms with E-state index in [0.29, 0.717) is 23.3 Å². The number of carbonyl (C=O) groups is 1. The van der Waals surface area contributed by atoms with Crippen molar-refractivity contribution in [1.29, 1.82) is 0 Å². The quantitative estimate of drug-likeness (QED) is 0.516. The smallest absolute Gasteiger partial charge is 0.243 e. The molecule has 0 aliphatic carbocycles. The summed E-state index contributed by atoms with van der Waals surface area (Å²) in [5.41, 5.74) is 1.61. The zero-order valence-corrected chi connectivity index (χ0v) is 18.0. The van der Waals surface area contributed by atoms with Gasteiger partial charge in [0, 0.05) is 18.9 Å². The zero-order chi connectivity index (χ0) is 20.9. The van der Waals surface area contributed by atoms with E-state index in [4.69, 9.17) is 16.3 Å². The molecule has 1 amide bonds. The van der Waals surface area contributed by atoms with Crippen molar-refractivity contribution in [1.82, 2.24) is 20.2 Å². The number of amides is 1. The Hall–Kier alpha value is -2.34. The highest BCUT2D eigenvalue weighted by Crippen LogP contribution is 2.23. The number of hydrogen-bond donors (Lipinski definition) is 1. The molecule has 0 aromatic carbocycles. The second kappa shape index (κ2) is 12.9. The topological polar surface area (TPSA) is 67.3 Å². The van der Waals surface area contributed by atoms with Crippen LogP contribution in [-0.4, -0.2) is 40.0 Å². The van der Waals surface area contributed by atoms with Gasteiger partial charge in [-0.15, -0.1) is 0 Å². The predicted octanol–water partition coefficient (Wildman–Crippen LogP) is 4.25. The maximum atomic E-state index is 12.6. The van der Waals surface area contributed by atoms with Crippen molar-refractivity contribution < 1.29 is 9.53 Å². The fourth-order valence-corrected chi connectivity index (χ4v) is 2.96. The fourth-order valence-electron chi connectivity index (χ4n) is 2.79. The van der Waals surface area contributed by atoms with E-state index in [0.717, 1.165) is 25.0 Å². The van der Waals surface area contributed by atoms with E-state index in [9.17, 15) is 4.79 Å². The van der Waals surface area contributed by atoms with Gasteiger partial charge in [-0.25, -0.2) is 4.98 Å². The van der Waals surface area contributed by atoms with Crippen molar-refractivity contribution in [2.24, 2.45) is 0 Å². The summed E-state index contributed by atoms with van der Waals surface area (Å²) in [4.78, 5) is 22.6. The largest absolute Gasteiger partial charge is 0.475 e. The third-order valence-electron chi connectivity index (χ3n) is 4.19. The summed E-state index contributed by atoms with van der Waals surface area (Å²) in [5.74, 6) is 0.428. The molecule has 0 spiro atoms. The van der Waals surface area contributed by atoms with Crippen LogP contribution in [0.2, 0.25) is 5.15 Å². The molecule has 154 valence electrons. The molecule has 28 heavy (non-hydrogen) atoms. The van der Waals surface area contributed by atoms with Crippen molar-refractivity contribution in [2.45, 2.75) is 53.1 Å². The lowest BCUT2D eigenvalue weighted by atomic mass is 10.2. The van der Waals surface area contributed by atoms with Gasteiger partial charge < -0.3 is 15.0 Å². The normalized spacial score (nSPS) is 16.5. The summed E-state index contributed by atoms with van der Waals surface area (Å²) in [6.45, 7) is 13.3. The van der Waals surface area contributed by atoms with Gasteiger partial charge in [-0.3, -0.25) is 9.78 Å². The Balaban J connectivity index is 0.00000190. The molecule has 6 nitrogen and oxygen atoms in total. The average molecular weight is 407 g/mol. The summed E-state index contributed by atoms with van der Waals surface area (Å²) in [7, 11) is 0. The van der Waals surface area contributed by atoms with E-state index in [1.165, 1.54) is 6.20 Å². The van der Waals surface area contributed by atoms with Gasteiger partial charge in [0.05, 0.1) is 12.2 Å². The average Bonchev–Trinajstić information content (AvgIpc) is 3.21. The maximum Gasteiger partial charge on any atom is 0.243 e. The first-order valence-corrected chi connectivity index (χ1v) is 10.0.